The molecule has 0 saturated carbocycles. The minimum Gasteiger partial charge on any atom is -0.466 e. The molecular weight excluding hydrogens is 256 g/mol. The molecular formula is C14H18N4O2. The van der Waals surface area contributed by atoms with Crippen LogP contribution in [0.2, 0.25) is 0 Å². The van der Waals surface area contributed by atoms with Crippen LogP contribution >= 0.6 is 0 Å². The molecule has 6 heteroatoms. The number of rotatable bonds is 6. The summed E-state index contributed by atoms with van der Waals surface area (Å²) in [6.07, 6.45) is 1.77. The van der Waals surface area contributed by atoms with Crippen LogP contribution in [0.15, 0.2) is 30.5 Å². The first-order valence-electron chi connectivity index (χ1n) is 6.53. The standard InChI is InChI=1S/C14H18N4O2/c1-2-20-14(19)7-13-9-16-17-18(13)10-12-5-3-11(8-15)4-6-12/h3-6,9H,2,7-8,10,15H2,1H3. The Morgan fingerprint density at radius 2 is 2.00 bits per heavy atom. The number of benzene rings is 1. The van der Waals surface area contributed by atoms with E-state index in [1.807, 2.05) is 24.3 Å². The third-order valence-electron chi connectivity index (χ3n) is 2.92. The number of hydrogen-bond donors (Lipinski definition) is 1. The van der Waals surface area contributed by atoms with Gasteiger partial charge in [0.15, 0.2) is 0 Å². The van der Waals surface area contributed by atoms with Crippen molar-refractivity contribution in [3.8, 4) is 0 Å². The van der Waals surface area contributed by atoms with E-state index in [4.69, 9.17) is 10.5 Å². The van der Waals surface area contributed by atoms with Gasteiger partial charge in [0, 0.05) is 6.54 Å². The van der Waals surface area contributed by atoms with Crippen LogP contribution < -0.4 is 5.73 Å². The Morgan fingerprint density at radius 1 is 1.30 bits per heavy atom. The number of nitrogens with two attached hydrogens (primary N) is 1. The monoisotopic (exact) mass is 274 g/mol. The van der Waals surface area contributed by atoms with E-state index in [1.54, 1.807) is 17.8 Å². The van der Waals surface area contributed by atoms with Gasteiger partial charge >= 0.3 is 5.97 Å². The first-order valence-corrected chi connectivity index (χ1v) is 6.53. The van der Waals surface area contributed by atoms with Crippen molar-refractivity contribution in [1.82, 2.24) is 15.0 Å². The Labute approximate surface area is 117 Å². The molecule has 2 rings (SSSR count). The number of carbonyl (C=O) groups is 1. The largest absolute Gasteiger partial charge is 0.466 e. The van der Waals surface area contributed by atoms with E-state index in [2.05, 4.69) is 10.3 Å². The average molecular weight is 274 g/mol. The fourth-order valence-electron chi connectivity index (χ4n) is 1.86. The van der Waals surface area contributed by atoms with Crippen LogP contribution in [-0.2, 0) is 29.0 Å². The van der Waals surface area contributed by atoms with Crippen molar-refractivity contribution in [2.75, 3.05) is 6.61 Å². The fourth-order valence-corrected chi connectivity index (χ4v) is 1.86. The summed E-state index contributed by atoms with van der Waals surface area (Å²) in [5.74, 6) is -0.269. The SMILES string of the molecule is CCOC(=O)Cc1cnnn1Cc1ccc(CN)cc1. The molecule has 106 valence electrons. The van der Waals surface area contributed by atoms with Crippen LogP contribution in [0.5, 0.6) is 0 Å². The molecule has 0 aliphatic carbocycles. The number of hydrogen-bond acceptors (Lipinski definition) is 5. The lowest BCUT2D eigenvalue weighted by Gasteiger charge is -2.07. The van der Waals surface area contributed by atoms with E-state index in [9.17, 15) is 4.79 Å². The summed E-state index contributed by atoms with van der Waals surface area (Å²) in [6.45, 7) is 3.25. The molecule has 0 spiro atoms. The van der Waals surface area contributed by atoms with Crippen LogP contribution in [0.1, 0.15) is 23.7 Å². The zero-order valence-corrected chi connectivity index (χ0v) is 11.5. The fraction of sp³-hybridized carbons (Fsp3) is 0.357. The summed E-state index contributed by atoms with van der Waals surface area (Å²) in [7, 11) is 0. The summed E-state index contributed by atoms with van der Waals surface area (Å²) in [4.78, 5) is 11.5. The summed E-state index contributed by atoms with van der Waals surface area (Å²) < 4.78 is 6.63. The highest BCUT2D eigenvalue weighted by Crippen LogP contribution is 2.08. The summed E-state index contributed by atoms with van der Waals surface area (Å²) in [5.41, 5.74) is 8.47. The van der Waals surface area contributed by atoms with E-state index in [0.717, 1.165) is 16.8 Å². The smallest absolute Gasteiger partial charge is 0.311 e. The van der Waals surface area contributed by atoms with Gasteiger partial charge in [0.2, 0.25) is 0 Å². The van der Waals surface area contributed by atoms with Gasteiger partial charge in [-0.3, -0.25) is 4.79 Å². The van der Waals surface area contributed by atoms with Gasteiger partial charge in [0.05, 0.1) is 31.5 Å². The number of ether oxygens (including phenoxy) is 1. The molecule has 1 heterocycles. The van der Waals surface area contributed by atoms with Crippen molar-refractivity contribution in [3.05, 3.63) is 47.3 Å². The highest BCUT2D eigenvalue weighted by molar-refractivity contribution is 5.71. The Bertz CT molecular complexity index is 563. The minimum absolute atomic E-state index is 0.182. The molecule has 1 aromatic carbocycles. The molecule has 0 fully saturated rings. The maximum absolute atomic E-state index is 11.5. The van der Waals surface area contributed by atoms with E-state index >= 15 is 0 Å². The summed E-state index contributed by atoms with van der Waals surface area (Å²) >= 11 is 0. The molecule has 20 heavy (non-hydrogen) atoms. The summed E-state index contributed by atoms with van der Waals surface area (Å²) in [6, 6.07) is 7.96. The van der Waals surface area contributed by atoms with Gasteiger partial charge in [0.1, 0.15) is 0 Å². The van der Waals surface area contributed by atoms with Crippen molar-refractivity contribution >= 4 is 5.97 Å². The van der Waals surface area contributed by atoms with Gasteiger partial charge in [-0.2, -0.15) is 0 Å². The van der Waals surface area contributed by atoms with Gasteiger partial charge in [-0.15, -0.1) is 5.10 Å². The Kier molecular flexibility index (Phi) is 4.84. The molecule has 0 aliphatic heterocycles. The normalized spacial score (nSPS) is 10.5. The topological polar surface area (TPSA) is 83.0 Å². The minimum atomic E-state index is -0.269. The Morgan fingerprint density at radius 3 is 2.65 bits per heavy atom. The van der Waals surface area contributed by atoms with Crippen LogP contribution in [0.4, 0.5) is 0 Å². The highest BCUT2D eigenvalue weighted by Gasteiger charge is 2.10. The van der Waals surface area contributed by atoms with Crippen molar-refractivity contribution in [2.24, 2.45) is 5.73 Å². The summed E-state index contributed by atoms with van der Waals surface area (Å²) in [5, 5.41) is 7.85. The Balaban J connectivity index is 2.05. The van der Waals surface area contributed by atoms with Gasteiger partial charge in [-0.05, 0) is 18.1 Å². The maximum Gasteiger partial charge on any atom is 0.311 e. The van der Waals surface area contributed by atoms with Gasteiger partial charge < -0.3 is 10.5 Å². The lowest BCUT2D eigenvalue weighted by atomic mass is 10.1. The lowest BCUT2D eigenvalue weighted by molar-refractivity contribution is -0.142. The van der Waals surface area contributed by atoms with Crippen molar-refractivity contribution in [1.29, 1.82) is 0 Å². The molecule has 0 amide bonds. The van der Waals surface area contributed by atoms with Crippen molar-refractivity contribution in [2.45, 2.75) is 26.4 Å². The molecule has 0 unspecified atom stereocenters. The second-order valence-electron chi connectivity index (χ2n) is 4.39. The zero-order chi connectivity index (χ0) is 14.4. The van der Waals surface area contributed by atoms with Crippen LogP contribution in [0.3, 0.4) is 0 Å². The second-order valence-corrected chi connectivity index (χ2v) is 4.39. The first kappa shape index (κ1) is 14.2. The number of aromatic nitrogens is 3. The quantitative estimate of drug-likeness (QED) is 0.791. The van der Waals surface area contributed by atoms with E-state index < -0.39 is 0 Å². The van der Waals surface area contributed by atoms with Crippen molar-refractivity contribution < 1.29 is 9.53 Å². The molecule has 0 aliphatic rings. The predicted octanol–water partition coefficient (Wildman–Crippen LogP) is 0.891. The molecule has 0 radical (unpaired) electrons. The third-order valence-corrected chi connectivity index (χ3v) is 2.92. The number of carbonyl (C=O) groups excluding carboxylic acids is 1. The molecule has 2 N–H and O–H groups in total. The molecule has 0 bridgehead atoms. The van der Waals surface area contributed by atoms with E-state index in [0.29, 0.717) is 19.7 Å². The molecule has 2 aromatic rings. The average Bonchev–Trinajstić information content (AvgIpc) is 2.87. The van der Waals surface area contributed by atoms with E-state index in [-0.39, 0.29) is 12.4 Å². The van der Waals surface area contributed by atoms with Gasteiger partial charge in [-0.1, -0.05) is 29.5 Å². The van der Waals surface area contributed by atoms with E-state index in [1.165, 1.54) is 0 Å². The van der Waals surface area contributed by atoms with Crippen LogP contribution in [0.25, 0.3) is 0 Å². The molecule has 0 atom stereocenters. The second kappa shape index (κ2) is 6.81. The maximum atomic E-state index is 11.5. The lowest BCUT2D eigenvalue weighted by Crippen LogP contribution is -2.13. The third kappa shape index (κ3) is 3.64. The zero-order valence-electron chi connectivity index (χ0n) is 11.5. The van der Waals surface area contributed by atoms with Crippen molar-refractivity contribution in [3.63, 3.8) is 0 Å². The first-order chi connectivity index (χ1) is 9.72. The van der Waals surface area contributed by atoms with Gasteiger partial charge in [0.25, 0.3) is 0 Å². The van der Waals surface area contributed by atoms with Crippen LogP contribution in [0, 0.1) is 0 Å². The molecule has 1 aromatic heterocycles. The molecule has 6 nitrogen and oxygen atoms in total. The predicted molar refractivity (Wildman–Crippen MR) is 73.8 cm³/mol. The van der Waals surface area contributed by atoms with Crippen LogP contribution in [-0.4, -0.2) is 27.6 Å². The highest BCUT2D eigenvalue weighted by atomic mass is 16.5. The number of nitrogens with zero attached hydrogens (tertiary/aromatic N) is 3. The Hall–Kier alpha value is -2.21. The van der Waals surface area contributed by atoms with Gasteiger partial charge in [-0.25, -0.2) is 4.68 Å². The number of esters is 1. The molecule has 0 saturated heterocycles.